The van der Waals surface area contributed by atoms with E-state index in [2.05, 4.69) is 164 Å². The van der Waals surface area contributed by atoms with Crippen LogP contribution in [0.1, 0.15) is 0 Å². The Hall–Kier alpha value is -7.01. The lowest BCUT2D eigenvalue weighted by atomic mass is 9.98. The van der Waals surface area contributed by atoms with Crippen LogP contribution in [0.5, 0.6) is 0 Å². The summed E-state index contributed by atoms with van der Waals surface area (Å²) >= 11 is 1.87. The molecule has 10 rings (SSSR count). The molecule has 258 valence electrons. The molecule has 0 unspecified atom stereocenters. The molecule has 0 saturated heterocycles. The summed E-state index contributed by atoms with van der Waals surface area (Å²) in [4.78, 5) is 15.0. The number of nitrogens with zero attached hydrogens (tertiary/aromatic N) is 3. The molecule has 0 aliphatic heterocycles. The van der Waals surface area contributed by atoms with Gasteiger partial charge in [-0.1, -0.05) is 200 Å². The van der Waals surface area contributed by atoms with Crippen molar-refractivity contribution in [3.8, 4) is 78.7 Å². The van der Waals surface area contributed by atoms with Gasteiger partial charge in [0.25, 0.3) is 0 Å². The maximum Gasteiger partial charge on any atom is 0.164 e. The summed E-state index contributed by atoms with van der Waals surface area (Å²) in [7, 11) is 0. The van der Waals surface area contributed by atoms with Gasteiger partial charge in [0, 0.05) is 36.9 Å². The third kappa shape index (κ3) is 6.29. The second-order valence-corrected chi connectivity index (χ2v) is 14.6. The smallest absolute Gasteiger partial charge is 0.164 e. The molecule has 3 nitrogen and oxygen atoms in total. The second-order valence-electron chi connectivity index (χ2n) is 13.6. The zero-order valence-electron chi connectivity index (χ0n) is 29.8. The van der Waals surface area contributed by atoms with Crippen molar-refractivity contribution in [1.29, 1.82) is 0 Å². The van der Waals surface area contributed by atoms with Gasteiger partial charge in [-0.2, -0.15) is 0 Å². The Morgan fingerprint density at radius 1 is 0.236 bits per heavy atom. The van der Waals surface area contributed by atoms with Crippen LogP contribution in [0.3, 0.4) is 0 Å². The summed E-state index contributed by atoms with van der Waals surface area (Å²) in [6.45, 7) is 0. The van der Waals surface area contributed by atoms with Gasteiger partial charge in [0.15, 0.2) is 17.5 Å². The van der Waals surface area contributed by atoms with Crippen LogP contribution in [0.2, 0.25) is 0 Å². The van der Waals surface area contributed by atoms with Crippen LogP contribution in [-0.4, -0.2) is 15.0 Å². The minimum absolute atomic E-state index is 0.644. The van der Waals surface area contributed by atoms with E-state index in [0.717, 1.165) is 27.8 Å². The Labute approximate surface area is 323 Å². The average Bonchev–Trinajstić information content (AvgIpc) is 3.67. The van der Waals surface area contributed by atoms with Gasteiger partial charge in [-0.3, -0.25) is 0 Å². The molecule has 0 aliphatic carbocycles. The lowest BCUT2D eigenvalue weighted by molar-refractivity contribution is 1.07. The first-order chi connectivity index (χ1) is 27.2. The molecular formula is C51H33N3S. The lowest BCUT2D eigenvalue weighted by Crippen LogP contribution is -2.00. The van der Waals surface area contributed by atoms with Gasteiger partial charge in [0.2, 0.25) is 0 Å². The quantitative estimate of drug-likeness (QED) is 0.165. The van der Waals surface area contributed by atoms with Crippen LogP contribution in [0.15, 0.2) is 200 Å². The van der Waals surface area contributed by atoms with Crippen LogP contribution in [0.25, 0.3) is 98.8 Å². The van der Waals surface area contributed by atoms with E-state index in [1.165, 1.54) is 53.6 Å². The molecule has 2 heterocycles. The minimum Gasteiger partial charge on any atom is -0.208 e. The summed E-state index contributed by atoms with van der Waals surface area (Å²) in [6, 6.07) is 70.4. The first-order valence-electron chi connectivity index (χ1n) is 18.4. The Balaban J connectivity index is 1.01. The fourth-order valence-electron chi connectivity index (χ4n) is 7.34. The average molecular weight is 720 g/mol. The van der Waals surface area contributed by atoms with Gasteiger partial charge >= 0.3 is 0 Å². The first kappa shape index (κ1) is 32.6. The maximum absolute atomic E-state index is 5.02. The van der Waals surface area contributed by atoms with Crippen molar-refractivity contribution in [3.63, 3.8) is 0 Å². The Morgan fingerprint density at radius 2 is 0.527 bits per heavy atom. The number of thiophene rings is 1. The standard InChI is InChI=1S/C51H33N3S/c1-4-12-34(13-5-1)36-22-26-38(27-23-36)43-18-10-20-45-46-21-11-19-44(48(46)55-47(43)45)39-28-32-42(33-29-39)51-53-49(40-16-8-3-9-17-40)52-50(54-51)41-30-24-37(25-31-41)35-14-6-2-7-15-35/h1-33H. The molecular weight excluding hydrogens is 687 g/mol. The highest BCUT2D eigenvalue weighted by atomic mass is 32.1. The molecule has 0 fully saturated rings. The number of hydrogen-bond donors (Lipinski definition) is 0. The van der Waals surface area contributed by atoms with Gasteiger partial charge in [0.05, 0.1) is 0 Å². The van der Waals surface area contributed by atoms with Crippen molar-refractivity contribution in [2.75, 3.05) is 0 Å². The zero-order chi connectivity index (χ0) is 36.6. The Bertz CT molecular complexity index is 2920. The third-order valence-electron chi connectivity index (χ3n) is 10.2. The molecule has 8 aromatic carbocycles. The molecule has 4 heteroatoms. The second kappa shape index (κ2) is 14.1. The fourth-order valence-corrected chi connectivity index (χ4v) is 8.71. The molecule has 0 amide bonds. The highest BCUT2D eigenvalue weighted by molar-refractivity contribution is 7.26. The molecule has 0 N–H and O–H groups in total. The SMILES string of the molecule is c1ccc(-c2ccc(-c3nc(-c4ccccc4)nc(-c4ccc(-c5cccc6c5sc5c(-c7ccc(-c8ccccc8)cc7)cccc56)cc4)n3)cc2)cc1. The molecule has 0 aliphatic rings. The summed E-state index contributed by atoms with van der Waals surface area (Å²) in [5, 5.41) is 2.56. The molecule has 0 saturated carbocycles. The van der Waals surface area contributed by atoms with Crippen molar-refractivity contribution in [2.45, 2.75) is 0 Å². The van der Waals surface area contributed by atoms with E-state index in [-0.39, 0.29) is 0 Å². The van der Waals surface area contributed by atoms with Gasteiger partial charge in [0.1, 0.15) is 0 Å². The topological polar surface area (TPSA) is 38.7 Å². The van der Waals surface area contributed by atoms with E-state index < -0.39 is 0 Å². The number of fused-ring (bicyclic) bond motifs is 3. The van der Waals surface area contributed by atoms with Crippen LogP contribution in [-0.2, 0) is 0 Å². The maximum atomic E-state index is 5.02. The molecule has 0 radical (unpaired) electrons. The predicted molar refractivity (Wildman–Crippen MR) is 231 cm³/mol. The van der Waals surface area contributed by atoms with Crippen molar-refractivity contribution in [1.82, 2.24) is 15.0 Å². The zero-order valence-corrected chi connectivity index (χ0v) is 30.6. The minimum atomic E-state index is 0.644. The fraction of sp³-hybridized carbons (Fsp3) is 0. The summed E-state index contributed by atoms with van der Waals surface area (Å²) in [6.07, 6.45) is 0. The van der Waals surface area contributed by atoms with Gasteiger partial charge < -0.3 is 0 Å². The summed E-state index contributed by atoms with van der Waals surface area (Å²) in [5.74, 6) is 1.94. The third-order valence-corrected chi connectivity index (χ3v) is 11.5. The van der Waals surface area contributed by atoms with Crippen molar-refractivity contribution in [3.05, 3.63) is 200 Å². The number of benzene rings is 8. The summed E-state index contributed by atoms with van der Waals surface area (Å²) in [5.41, 5.74) is 12.5. The van der Waals surface area contributed by atoms with E-state index in [1.807, 2.05) is 47.7 Å². The van der Waals surface area contributed by atoms with Gasteiger partial charge in [-0.05, 0) is 44.5 Å². The highest BCUT2D eigenvalue weighted by Gasteiger charge is 2.16. The van der Waals surface area contributed by atoms with Crippen LogP contribution < -0.4 is 0 Å². The van der Waals surface area contributed by atoms with E-state index in [4.69, 9.17) is 15.0 Å². The summed E-state index contributed by atoms with van der Waals surface area (Å²) < 4.78 is 2.59. The molecule has 55 heavy (non-hydrogen) atoms. The lowest BCUT2D eigenvalue weighted by Gasteiger charge is -2.10. The molecule has 2 aromatic heterocycles. The van der Waals surface area contributed by atoms with Crippen LogP contribution >= 0.6 is 11.3 Å². The van der Waals surface area contributed by atoms with Crippen molar-refractivity contribution >= 4 is 31.5 Å². The normalized spacial score (nSPS) is 11.3. The van der Waals surface area contributed by atoms with E-state index in [1.54, 1.807) is 0 Å². The Kier molecular flexibility index (Phi) is 8.36. The van der Waals surface area contributed by atoms with Crippen molar-refractivity contribution < 1.29 is 0 Å². The number of rotatable bonds is 7. The monoisotopic (exact) mass is 719 g/mol. The van der Waals surface area contributed by atoms with Gasteiger partial charge in [-0.25, -0.2) is 15.0 Å². The van der Waals surface area contributed by atoms with Crippen LogP contribution in [0, 0.1) is 0 Å². The van der Waals surface area contributed by atoms with E-state index in [9.17, 15) is 0 Å². The Morgan fingerprint density at radius 3 is 0.909 bits per heavy atom. The molecule has 0 atom stereocenters. The predicted octanol–water partition coefficient (Wildman–Crippen LogP) is 13.9. The number of hydrogen-bond acceptors (Lipinski definition) is 4. The number of aromatic nitrogens is 3. The first-order valence-corrected chi connectivity index (χ1v) is 19.3. The molecule has 0 bridgehead atoms. The van der Waals surface area contributed by atoms with E-state index in [0.29, 0.717) is 17.5 Å². The largest absolute Gasteiger partial charge is 0.208 e. The van der Waals surface area contributed by atoms with Crippen molar-refractivity contribution in [2.24, 2.45) is 0 Å². The van der Waals surface area contributed by atoms with Gasteiger partial charge in [-0.15, -0.1) is 11.3 Å². The molecule has 0 spiro atoms. The van der Waals surface area contributed by atoms with Crippen LogP contribution in [0.4, 0.5) is 0 Å². The molecule has 10 aromatic rings. The van der Waals surface area contributed by atoms with E-state index >= 15 is 0 Å². The highest BCUT2D eigenvalue weighted by Crippen LogP contribution is 2.44.